The predicted molar refractivity (Wildman–Crippen MR) is 122 cm³/mol. The molecule has 0 bridgehead atoms. The minimum Gasteiger partial charge on any atom is -0.496 e. The fourth-order valence-corrected chi connectivity index (χ4v) is 4.80. The number of ketones is 1. The molecule has 0 spiro atoms. The summed E-state index contributed by atoms with van der Waals surface area (Å²) in [6.07, 6.45) is 0. The van der Waals surface area contributed by atoms with Crippen LogP contribution in [0.3, 0.4) is 0 Å². The molecule has 4 rings (SSSR count). The number of aromatic nitrogens is 2. The Hall–Kier alpha value is -3.21. The average molecular weight is 432 g/mol. The Morgan fingerprint density at radius 2 is 1.87 bits per heavy atom. The highest BCUT2D eigenvalue weighted by Gasteiger charge is 2.36. The molecule has 1 aliphatic carbocycles. The molecule has 6 nitrogen and oxygen atoms in total. The zero-order chi connectivity index (χ0) is 22.3. The topological polar surface area (TPSA) is 88.1 Å². The van der Waals surface area contributed by atoms with Gasteiger partial charge in [-0.2, -0.15) is 10.4 Å². The van der Waals surface area contributed by atoms with Crippen LogP contribution in [0.2, 0.25) is 25.7 Å². The molecular formula is C24H25N3O3Si. The molecule has 7 heteroatoms. The number of nitrogens with zero attached hydrogens (tertiary/aromatic N) is 3. The maximum absolute atomic E-state index is 13.5. The van der Waals surface area contributed by atoms with Crippen molar-refractivity contribution in [1.82, 2.24) is 9.78 Å². The minimum atomic E-state index is -1.34. The van der Waals surface area contributed by atoms with Gasteiger partial charge in [0, 0.05) is 36.9 Å². The monoisotopic (exact) mass is 431 g/mol. The van der Waals surface area contributed by atoms with Crippen molar-refractivity contribution in [3.05, 3.63) is 58.7 Å². The maximum atomic E-state index is 13.5. The Labute approximate surface area is 182 Å². The minimum absolute atomic E-state index is 0.0963. The van der Waals surface area contributed by atoms with Gasteiger partial charge in [0.1, 0.15) is 11.4 Å². The number of methoxy groups -OCH3 is 1. The number of benzene rings is 2. The lowest BCUT2D eigenvalue weighted by Crippen LogP contribution is -2.22. The smallest absolute Gasteiger partial charge is 0.198 e. The highest BCUT2D eigenvalue weighted by Crippen LogP contribution is 2.44. The van der Waals surface area contributed by atoms with Crippen molar-refractivity contribution in [2.75, 3.05) is 7.11 Å². The number of aryl methyl sites for hydroxylation is 1. The van der Waals surface area contributed by atoms with Gasteiger partial charge in [0.25, 0.3) is 0 Å². The second-order valence-corrected chi connectivity index (χ2v) is 14.6. The second kappa shape index (κ2) is 7.80. The molecule has 3 aromatic rings. The third kappa shape index (κ3) is 3.69. The van der Waals surface area contributed by atoms with Crippen molar-refractivity contribution >= 4 is 13.9 Å². The van der Waals surface area contributed by atoms with Crippen molar-refractivity contribution in [2.45, 2.75) is 38.8 Å². The second-order valence-electron chi connectivity index (χ2n) is 8.99. The van der Waals surface area contributed by atoms with Crippen LogP contribution >= 0.6 is 0 Å². The largest absolute Gasteiger partial charge is 0.496 e. The maximum Gasteiger partial charge on any atom is 0.198 e. The molecule has 0 fully saturated rings. The van der Waals surface area contributed by atoms with E-state index in [1.165, 1.54) is 0 Å². The van der Waals surface area contributed by atoms with Gasteiger partial charge in [0.2, 0.25) is 0 Å². The molecule has 31 heavy (non-hydrogen) atoms. The van der Waals surface area contributed by atoms with E-state index in [2.05, 4.69) is 25.7 Å². The molecule has 1 aliphatic rings. The van der Waals surface area contributed by atoms with Crippen LogP contribution in [0.4, 0.5) is 0 Å². The van der Waals surface area contributed by atoms with Gasteiger partial charge >= 0.3 is 0 Å². The Morgan fingerprint density at radius 1 is 1.16 bits per heavy atom. The summed E-state index contributed by atoms with van der Waals surface area (Å²) in [5, 5.41) is 23.7. The number of fused-ring (bicyclic) bond motifs is 3. The molecule has 0 atom stereocenters. The summed E-state index contributed by atoms with van der Waals surface area (Å²) in [5.41, 5.74) is 5.31. The number of rotatable bonds is 6. The van der Waals surface area contributed by atoms with Crippen LogP contribution in [0.1, 0.15) is 27.0 Å². The lowest BCUT2D eigenvalue weighted by atomic mass is 10.0. The van der Waals surface area contributed by atoms with E-state index in [4.69, 9.17) is 15.1 Å². The number of aliphatic hydroxyl groups is 1. The molecule has 0 aliphatic heterocycles. The third-order valence-corrected chi connectivity index (χ3v) is 7.35. The molecule has 0 radical (unpaired) electrons. The molecule has 0 amide bonds. The first-order valence-electron chi connectivity index (χ1n) is 10.3. The lowest BCUT2D eigenvalue weighted by molar-refractivity contribution is 0.104. The summed E-state index contributed by atoms with van der Waals surface area (Å²) in [5.74, 6) is 0.459. The molecule has 0 saturated carbocycles. The van der Waals surface area contributed by atoms with Gasteiger partial charge in [0.05, 0.1) is 36.6 Å². The summed E-state index contributed by atoms with van der Waals surface area (Å²) in [7, 11) is 0.223. The number of aliphatic hydroxyl groups excluding tert-OH is 1. The van der Waals surface area contributed by atoms with Gasteiger partial charge in [-0.1, -0.05) is 31.8 Å². The molecule has 1 N–H and O–H groups in total. The fourth-order valence-electron chi connectivity index (χ4n) is 3.92. The number of nitriles is 1. The number of hydrogen-bond acceptors (Lipinski definition) is 5. The summed E-state index contributed by atoms with van der Waals surface area (Å²) < 4.78 is 7.41. The summed E-state index contributed by atoms with van der Waals surface area (Å²) >= 11 is 0. The van der Waals surface area contributed by atoms with Crippen LogP contribution in [0.25, 0.3) is 22.5 Å². The highest BCUT2D eigenvalue weighted by atomic mass is 28.3. The van der Waals surface area contributed by atoms with Crippen molar-refractivity contribution in [3.63, 3.8) is 0 Å². The van der Waals surface area contributed by atoms with E-state index in [0.29, 0.717) is 33.7 Å². The van der Waals surface area contributed by atoms with E-state index in [-0.39, 0.29) is 12.4 Å². The van der Waals surface area contributed by atoms with Crippen LogP contribution in [-0.2, 0) is 13.2 Å². The van der Waals surface area contributed by atoms with Gasteiger partial charge in [-0.25, -0.2) is 0 Å². The average Bonchev–Trinajstić information content (AvgIpc) is 3.27. The van der Waals surface area contributed by atoms with Gasteiger partial charge < -0.3 is 9.84 Å². The number of carbonyl (C=O) groups is 1. The summed E-state index contributed by atoms with van der Waals surface area (Å²) in [4.78, 5) is 13.5. The van der Waals surface area contributed by atoms with Crippen LogP contribution in [0, 0.1) is 11.3 Å². The zero-order valence-electron chi connectivity index (χ0n) is 18.2. The fraction of sp³-hybridized carbons (Fsp3) is 0.292. The van der Waals surface area contributed by atoms with Gasteiger partial charge in [0.15, 0.2) is 5.78 Å². The first-order chi connectivity index (χ1) is 14.8. The molecule has 1 heterocycles. The lowest BCUT2D eigenvalue weighted by Gasteiger charge is -2.17. The molecule has 0 unspecified atom stereocenters. The van der Waals surface area contributed by atoms with Crippen LogP contribution in [0.5, 0.6) is 5.75 Å². The first kappa shape index (κ1) is 21.0. The molecule has 158 valence electrons. The van der Waals surface area contributed by atoms with E-state index in [0.717, 1.165) is 29.4 Å². The Bertz CT molecular complexity index is 1210. The van der Waals surface area contributed by atoms with Crippen molar-refractivity contribution in [1.29, 1.82) is 5.26 Å². The van der Waals surface area contributed by atoms with Crippen LogP contribution in [0.15, 0.2) is 36.4 Å². The standard InChI is InChI=1S/C24H25N3O3Si/c1-30-20-12-18-19(11-17(20)14-28)24(29)21-22(16-7-5-15(13-25)6-8-16)26-27(23(18)21)9-10-31(2,3)4/h5-8,11-12,28H,9-10,14H2,1-4H3. The normalized spacial score (nSPS) is 12.5. The highest BCUT2D eigenvalue weighted by molar-refractivity contribution is 6.76. The Kier molecular flexibility index (Phi) is 5.29. The number of hydrogen-bond donors (Lipinski definition) is 1. The quantitative estimate of drug-likeness (QED) is 0.455. The van der Waals surface area contributed by atoms with Gasteiger partial charge in [-0.15, -0.1) is 0 Å². The number of ether oxygens (including phenoxy) is 1. The van der Waals surface area contributed by atoms with Crippen molar-refractivity contribution in [3.8, 4) is 34.3 Å². The molecule has 2 aromatic carbocycles. The SMILES string of the molecule is COc1cc2c(cc1CO)C(=O)c1c(-c3ccc(C#N)cc3)nn(CC[Si](C)(C)C)c1-2. The molecular weight excluding hydrogens is 406 g/mol. The van der Waals surface area contributed by atoms with E-state index in [9.17, 15) is 9.90 Å². The predicted octanol–water partition coefficient (Wildman–Crippen LogP) is 4.47. The number of carbonyl (C=O) groups excluding carboxylic acids is 1. The van der Waals surface area contributed by atoms with Crippen LogP contribution in [-0.4, -0.2) is 35.9 Å². The van der Waals surface area contributed by atoms with Gasteiger partial charge in [-0.3, -0.25) is 9.48 Å². The van der Waals surface area contributed by atoms with Crippen molar-refractivity contribution in [2.24, 2.45) is 0 Å². The van der Waals surface area contributed by atoms with Crippen LogP contribution < -0.4 is 4.74 Å². The molecule has 0 saturated heterocycles. The van der Waals surface area contributed by atoms with Gasteiger partial charge in [-0.05, 0) is 30.3 Å². The Morgan fingerprint density at radius 3 is 2.45 bits per heavy atom. The molecule has 1 aromatic heterocycles. The third-order valence-electron chi connectivity index (χ3n) is 5.63. The van der Waals surface area contributed by atoms with E-state index >= 15 is 0 Å². The van der Waals surface area contributed by atoms with E-state index in [1.807, 2.05) is 22.9 Å². The zero-order valence-corrected chi connectivity index (χ0v) is 19.2. The van der Waals surface area contributed by atoms with E-state index in [1.54, 1.807) is 25.3 Å². The van der Waals surface area contributed by atoms with E-state index < -0.39 is 8.07 Å². The summed E-state index contributed by atoms with van der Waals surface area (Å²) in [6, 6.07) is 13.9. The summed E-state index contributed by atoms with van der Waals surface area (Å²) in [6.45, 7) is 7.46. The Balaban J connectivity index is 1.92. The first-order valence-corrected chi connectivity index (χ1v) is 14.0. The van der Waals surface area contributed by atoms with Crippen molar-refractivity contribution < 1.29 is 14.6 Å².